The summed E-state index contributed by atoms with van der Waals surface area (Å²) in [6.07, 6.45) is 61.0. The zero-order valence-electron chi connectivity index (χ0n) is 41.1. The highest BCUT2D eigenvalue weighted by Crippen LogP contribution is 2.14. The summed E-state index contributed by atoms with van der Waals surface area (Å²) in [5, 5.41) is 0. The third kappa shape index (κ3) is 48.4. The van der Waals surface area contributed by atoms with Crippen LogP contribution in [0.25, 0.3) is 0 Å². The summed E-state index contributed by atoms with van der Waals surface area (Å²) in [5.74, 6) is -0.905. The van der Waals surface area contributed by atoms with Gasteiger partial charge in [-0.2, -0.15) is 0 Å². The van der Waals surface area contributed by atoms with Crippen LogP contribution in [0.15, 0.2) is 48.6 Å². The molecule has 0 fully saturated rings. The van der Waals surface area contributed by atoms with Crippen molar-refractivity contribution in [1.82, 2.24) is 0 Å². The Bertz CT molecular complexity index is 1090. The molecule has 0 saturated heterocycles. The van der Waals surface area contributed by atoms with Gasteiger partial charge in [-0.3, -0.25) is 14.4 Å². The quantitative estimate of drug-likeness (QED) is 0.0262. The molecule has 62 heavy (non-hydrogen) atoms. The van der Waals surface area contributed by atoms with E-state index in [0.29, 0.717) is 19.3 Å². The number of rotatable bonds is 48. The van der Waals surface area contributed by atoms with Crippen LogP contribution in [0.5, 0.6) is 0 Å². The van der Waals surface area contributed by atoms with E-state index in [2.05, 4.69) is 69.4 Å². The van der Waals surface area contributed by atoms with Gasteiger partial charge in [-0.25, -0.2) is 0 Å². The number of esters is 3. The lowest BCUT2D eigenvalue weighted by Crippen LogP contribution is -2.30. The number of ether oxygens (including phenoxy) is 3. The summed E-state index contributed by atoms with van der Waals surface area (Å²) in [6, 6.07) is 0. The van der Waals surface area contributed by atoms with Crippen LogP contribution in [0.1, 0.15) is 271 Å². The fourth-order valence-electron chi connectivity index (χ4n) is 7.47. The summed E-state index contributed by atoms with van der Waals surface area (Å²) >= 11 is 0. The van der Waals surface area contributed by atoms with E-state index in [1.54, 1.807) is 0 Å². The predicted octanol–water partition coefficient (Wildman–Crippen LogP) is 17.5. The Morgan fingerprint density at radius 2 is 0.613 bits per heavy atom. The molecule has 0 aromatic heterocycles. The van der Waals surface area contributed by atoms with Gasteiger partial charge in [0.25, 0.3) is 0 Å². The average Bonchev–Trinajstić information content (AvgIpc) is 3.27. The second kappa shape index (κ2) is 51.0. The van der Waals surface area contributed by atoms with Crippen LogP contribution in [-0.2, 0) is 28.6 Å². The van der Waals surface area contributed by atoms with Crippen LogP contribution in [0.2, 0.25) is 0 Å². The highest BCUT2D eigenvalue weighted by molar-refractivity contribution is 5.71. The minimum Gasteiger partial charge on any atom is -0.462 e. The highest BCUT2D eigenvalue weighted by Gasteiger charge is 2.19. The van der Waals surface area contributed by atoms with Crippen molar-refractivity contribution in [1.29, 1.82) is 0 Å². The van der Waals surface area contributed by atoms with E-state index >= 15 is 0 Å². The molecule has 0 aromatic rings. The van der Waals surface area contributed by atoms with Gasteiger partial charge in [-0.05, 0) is 96.3 Å². The summed E-state index contributed by atoms with van der Waals surface area (Å²) in [4.78, 5) is 37.9. The third-order valence-corrected chi connectivity index (χ3v) is 11.5. The molecule has 0 aliphatic carbocycles. The van der Waals surface area contributed by atoms with Gasteiger partial charge in [-0.1, -0.05) is 204 Å². The first-order valence-electron chi connectivity index (χ1n) is 26.6. The molecule has 0 bridgehead atoms. The molecule has 0 aromatic carbocycles. The first-order chi connectivity index (χ1) is 30.5. The van der Waals surface area contributed by atoms with E-state index in [9.17, 15) is 14.4 Å². The molecular formula is C56H100O6. The first kappa shape index (κ1) is 59.4. The van der Waals surface area contributed by atoms with Gasteiger partial charge in [0.1, 0.15) is 13.2 Å². The predicted molar refractivity (Wildman–Crippen MR) is 265 cm³/mol. The van der Waals surface area contributed by atoms with E-state index in [0.717, 1.165) is 96.3 Å². The van der Waals surface area contributed by atoms with Gasteiger partial charge < -0.3 is 14.2 Å². The van der Waals surface area contributed by atoms with Gasteiger partial charge in [0.2, 0.25) is 0 Å². The number of carbonyl (C=O) groups excluding carboxylic acids is 3. The molecule has 1 atom stereocenters. The highest BCUT2D eigenvalue weighted by atomic mass is 16.6. The minimum absolute atomic E-state index is 0.0830. The number of unbranched alkanes of at least 4 members (excludes halogenated alkanes) is 29. The SMILES string of the molecule is CCC/C=C\CCCCCCCC(=O)OCC(COC(=O)CCCCCCCCC/C=C\CCCCCCCCC)OC(=O)CCCCCCC/C=C\C/C=C\CCCCCC. The normalized spacial score (nSPS) is 12.4. The lowest BCUT2D eigenvalue weighted by molar-refractivity contribution is -0.167. The van der Waals surface area contributed by atoms with Crippen LogP contribution in [0, 0.1) is 0 Å². The van der Waals surface area contributed by atoms with Crippen molar-refractivity contribution in [3.05, 3.63) is 48.6 Å². The third-order valence-electron chi connectivity index (χ3n) is 11.5. The van der Waals surface area contributed by atoms with Crippen molar-refractivity contribution >= 4 is 17.9 Å². The molecule has 0 saturated carbocycles. The lowest BCUT2D eigenvalue weighted by atomic mass is 10.1. The Morgan fingerprint density at radius 3 is 0.984 bits per heavy atom. The van der Waals surface area contributed by atoms with Crippen LogP contribution in [-0.4, -0.2) is 37.2 Å². The van der Waals surface area contributed by atoms with Crippen molar-refractivity contribution in [2.75, 3.05) is 13.2 Å². The van der Waals surface area contributed by atoms with Gasteiger partial charge in [-0.15, -0.1) is 0 Å². The van der Waals surface area contributed by atoms with E-state index < -0.39 is 6.10 Å². The molecule has 6 nitrogen and oxygen atoms in total. The van der Waals surface area contributed by atoms with Crippen molar-refractivity contribution in [2.45, 2.75) is 277 Å². The van der Waals surface area contributed by atoms with E-state index in [1.165, 1.54) is 135 Å². The summed E-state index contributed by atoms with van der Waals surface area (Å²) in [5.41, 5.74) is 0. The maximum absolute atomic E-state index is 12.8. The second-order valence-electron chi connectivity index (χ2n) is 17.8. The Kier molecular flexibility index (Phi) is 48.8. The van der Waals surface area contributed by atoms with Crippen LogP contribution < -0.4 is 0 Å². The fraction of sp³-hybridized carbons (Fsp3) is 0.804. The molecule has 1 unspecified atom stereocenters. The Hall–Kier alpha value is -2.63. The lowest BCUT2D eigenvalue weighted by Gasteiger charge is -2.18. The maximum atomic E-state index is 12.8. The average molecular weight is 869 g/mol. The van der Waals surface area contributed by atoms with E-state index in [-0.39, 0.29) is 31.1 Å². The Labute approximate surface area is 384 Å². The maximum Gasteiger partial charge on any atom is 0.306 e. The molecule has 6 heteroatoms. The van der Waals surface area contributed by atoms with Crippen LogP contribution in [0.3, 0.4) is 0 Å². The monoisotopic (exact) mass is 869 g/mol. The fourth-order valence-corrected chi connectivity index (χ4v) is 7.47. The van der Waals surface area contributed by atoms with Crippen molar-refractivity contribution in [3.63, 3.8) is 0 Å². The van der Waals surface area contributed by atoms with E-state index in [1.807, 2.05) is 0 Å². The molecule has 0 aliphatic heterocycles. The summed E-state index contributed by atoms with van der Waals surface area (Å²) < 4.78 is 16.8. The van der Waals surface area contributed by atoms with Gasteiger partial charge >= 0.3 is 17.9 Å². The number of carbonyl (C=O) groups is 3. The molecule has 360 valence electrons. The standard InChI is InChI=1S/C56H100O6/c1-4-7-10-13-16-19-22-24-26-28-29-31-32-34-37-40-43-46-49-55(58)61-52-53(51-60-54(57)48-45-42-39-36-21-18-15-12-9-6-3)62-56(59)50-47-44-41-38-35-33-30-27-25-23-20-17-14-11-8-5-2/h12,15,20,23,26-28,30,53H,4-11,13-14,16-19,21-22,24-25,29,31-52H2,1-3H3/b15-12-,23-20-,28-26-,30-27-. The van der Waals surface area contributed by atoms with Gasteiger partial charge in [0.05, 0.1) is 0 Å². The molecule has 0 aliphatic rings. The number of hydrogen-bond donors (Lipinski definition) is 0. The van der Waals surface area contributed by atoms with Crippen LogP contribution >= 0.6 is 0 Å². The first-order valence-corrected chi connectivity index (χ1v) is 26.6. The Morgan fingerprint density at radius 1 is 0.323 bits per heavy atom. The summed E-state index contributed by atoms with van der Waals surface area (Å²) in [6.45, 7) is 6.55. The van der Waals surface area contributed by atoms with Crippen molar-refractivity contribution in [2.24, 2.45) is 0 Å². The topological polar surface area (TPSA) is 78.9 Å². The second-order valence-corrected chi connectivity index (χ2v) is 17.8. The molecule has 0 heterocycles. The molecule has 0 radical (unpaired) electrons. The molecule has 0 rings (SSSR count). The van der Waals surface area contributed by atoms with Gasteiger partial charge in [0, 0.05) is 19.3 Å². The smallest absolute Gasteiger partial charge is 0.306 e. The van der Waals surface area contributed by atoms with E-state index in [4.69, 9.17) is 14.2 Å². The van der Waals surface area contributed by atoms with Crippen molar-refractivity contribution in [3.8, 4) is 0 Å². The van der Waals surface area contributed by atoms with Gasteiger partial charge in [0.15, 0.2) is 6.10 Å². The van der Waals surface area contributed by atoms with Crippen molar-refractivity contribution < 1.29 is 28.6 Å². The Balaban J connectivity index is 4.35. The number of allylic oxidation sites excluding steroid dienone is 8. The number of hydrogen-bond acceptors (Lipinski definition) is 6. The zero-order chi connectivity index (χ0) is 45.1. The minimum atomic E-state index is -0.783. The summed E-state index contributed by atoms with van der Waals surface area (Å²) in [7, 11) is 0. The molecule has 0 amide bonds. The molecule has 0 N–H and O–H groups in total. The molecule has 0 spiro atoms. The van der Waals surface area contributed by atoms with Crippen LogP contribution in [0.4, 0.5) is 0 Å². The largest absolute Gasteiger partial charge is 0.462 e. The zero-order valence-corrected chi connectivity index (χ0v) is 41.1. The molecular weight excluding hydrogens is 769 g/mol.